The van der Waals surface area contributed by atoms with Gasteiger partial charge in [-0.3, -0.25) is 0 Å². The molecule has 104 valence electrons. The smallest absolute Gasteiger partial charge is 0.137 e. The maximum absolute atomic E-state index is 6.26. The van der Waals surface area contributed by atoms with Crippen LogP contribution in [0.3, 0.4) is 0 Å². The zero-order chi connectivity index (χ0) is 14.1. The molecule has 1 fully saturated rings. The topological polar surface area (TPSA) is 29.0 Å². The first-order chi connectivity index (χ1) is 9.65. The molecule has 0 saturated heterocycles. The molecule has 0 atom stereocenters. The average molecular weight is 288 g/mol. The molecule has 4 heteroatoms. The Hall–Kier alpha value is -1.61. The lowest BCUT2D eigenvalue weighted by molar-refractivity contribution is 0.844. The van der Waals surface area contributed by atoms with E-state index in [1.807, 2.05) is 13.0 Å². The van der Waals surface area contributed by atoms with Gasteiger partial charge in [-0.05, 0) is 25.3 Å². The van der Waals surface area contributed by atoms with E-state index in [0.717, 1.165) is 23.8 Å². The summed E-state index contributed by atoms with van der Waals surface area (Å²) in [5, 5.41) is 0.580. The Morgan fingerprint density at radius 2 is 1.90 bits per heavy atom. The summed E-state index contributed by atoms with van der Waals surface area (Å²) in [5.74, 6) is 2.35. The van der Waals surface area contributed by atoms with E-state index in [1.54, 1.807) is 0 Å². The maximum Gasteiger partial charge on any atom is 0.137 e. The van der Waals surface area contributed by atoms with Gasteiger partial charge in [0.25, 0.3) is 0 Å². The molecule has 1 aromatic carbocycles. The Labute approximate surface area is 124 Å². The molecular formula is C16H18ClN3. The van der Waals surface area contributed by atoms with Gasteiger partial charge in [0.1, 0.15) is 16.8 Å². The fraction of sp³-hybridized carbons (Fsp3) is 0.375. The number of nitrogens with zero attached hydrogens (tertiary/aromatic N) is 3. The first-order valence-corrected chi connectivity index (χ1v) is 7.32. The van der Waals surface area contributed by atoms with Crippen molar-refractivity contribution in [2.24, 2.45) is 0 Å². The molecule has 0 unspecified atom stereocenters. The van der Waals surface area contributed by atoms with Gasteiger partial charge in [0.05, 0.1) is 0 Å². The van der Waals surface area contributed by atoms with Crippen LogP contribution in [0.15, 0.2) is 30.3 Å². The second-order valence-electron chi connectivity index (χ2n) is 5.44. The van der Waals surface area contributed by atoms with Crippen LogP contribution in [0, 0.1) is 6.92 Å². The monoisotopic (exact) mass is 287 g/mol. The SMILES string of the molecule is Cc1c(Cl)nc(C2CC2)nc1N(C)Cc1ccccc1. The van der Waals surface area contributed by atoms with Gasteiger partial charge in [-0.15, -0.1) is 0 Å². The van der Waals surface area contributed by atoms with Crippen LogP contribution in [0.2, 0.25) is 5.15 Å². The molecule has 1 aliphatic carbocycles. The van der Waals surface area contributed by atoms with Crippen LogP contribution in [-0.2, 0) is 6.54 Å². The predicted molar refractivity (Wildman–Crippen MR) is 82.3 cm³/mol. The molecule has 1 saturated carbocycles. The zero-order valence-corrected chi connectivity index (χ0v) is 12.6. The second kappa shape index (κ2) is 5.41. The molecule has 0 radical (unpaired) electrons. The fourth-order valence-corrected chi connectivity index (χ4v) is 2.49. The molecule has 0 spiro atoms. The Bertz CT molecular complexity index is 609. The lowest BCUT2D eigenvalue weighted by Gasteiger charge is -2.21. The van der Waals surface area contributed by atoms with Gasteiger partial charge in [0, 0.05) is 25.1 Å². The third-order valence-electron chi connectivity index (χ3n) is 3.64. The summed E-state index contributed by atoms with van der Waals surface area (Å²) in [4.78, 5) is 11.3. The highest BCUT2D eigenvalue weighted by Crippen LogP contribution is 2.39. The minimum atomic E-state index is 0.511. The summed E-state index contributed by atoms with van der Waals surface area (Å²) >= 11 is 6.26. The number of hydrogen-bond acceptors (Lipinski definition) is 3. The minimum Gasteiger partial charge on any atom is -0.355 e. The number of hydrogen-bond donors (Lipinski definition) is 0. The number of anilines is 1. The quantitative estimate of drug-likeness (QED) is 0.797. The van der Waals surface area contributed by atoms with Crippen molar-refractivity contribution >= 4 is 17.4 Å². The molecule has 0 N–H and O–H groups in total. The van der Waals surface area contributed by atoms with Crippen molar-refractivity contribution < 1.29 is 0 Å². The molecule has 1 aromatic heterocycles. The van der Waals surface area contributed by atoms with Crippen molar-refractivity contribution in [2.45, 2.75) is 32.2 Å². The van der Waals surface area contributed by atoms with Crippen LogP contribution in [0.25, 0.3) is 0 Å². The Balaban J connectivity index is 1.88. The van der Waals surface area contributed by atoms with E-state index < -0.39 is 0 Å². The number of benzene rings is 1. The third kappa shape index (κ3) is 2.78. The van der Waals surface area contributed by atoms with Crippen LogP contribution in [-0.4, -0.2) is 17.0 Å². The summed E-state index contributed by atoms with van der Waals surface area (Å²) in [6.07, 6.45) is 2.36. The normalized spacial score (nSPS) is 14.3. The van der Waals surface area contributed by atoms with Crippen LogP contribution in [0.4, 0.5) is 5.82 Å². The van der Waals surface area contributed by atoms with E-state index in [4.69, 9.17) is 16.6 Å². The Morgan fingerprint density at radius 1 is 1.20 bits per heavy atom. The molecule has 20 heavy (non-hydrogen) atoms. The minimum absolute atomic E-state index is 0.511. The summed E-state index contributed by atoms with van der Waals surface area (Å²) in [7, 11) is 2.05. The molecule has 0 aliphatic heterocycles. The number of rotatable bonds is 4. The average Bonchev–Trinajstić information content (AvgIpc) is 3.27. The van der Waals surface area contributed by atoms with Crippen LogP contribution in [0.1, 0.15) is 35.7 Å². The summed E-state index contributed by atoms with van der Waals surface area (Å²) < 4.78 is 0. The fourth-order valence-electron chi connectivity index (χ4n) is 2.32. The van der Waals surface area contributed by atoms with Crippen molar-refractivity contribution in [1.82, 2.24) is 9.97 Å². The van der Waals surface area contributed by atoms with Gasteiger partial charge in [0.2, 0.25) is 0 Å². The summed E-state index contributed by atoms with van der Waals surface area (Å²) in [5.41, 5.74) is 2.21. The molecule has 1 aliphatic rings. The van der Waals surface area contributed by atoms with E-state index in [-0.39, 0.29) is 0 Å². The van der Waals surface area contributed by atoms with Crippen LogP contribution < -0.4 is 4.90 Å². The van der Waals surface area contributed by atoms with Gasteiger partial charge in [-0.2, -0.15) is 0 Å². The van der Waals surface area contributed by atoms with E-state index in [9.17, 15) is 0 Å². The lowest BCUT2D eigenvalue weighted by Crippen LogP contribution is -2.20. The Morgan fingerprint density at radius 3 is 2.55 bits per heavy atom. The van der Waals surface area contributed by atoms with E-state index in [0.29, 0.717) is 11.1 Å². The van der Waals surface area contributed by atoms with Crippen molar-refractivity contribution in [2.75, 3.05) is 11.9 Å². The highest BCUT2D eigenvalue weighted by molar-refractivity contribution is 6.30. The zero-order valence-electron chi connectivity index (χ0n) is 11.8. The molecule has 3 rings (SSSR count). The first-order valence-electron chi connectivity index (χ1n) is 6.94. The molecule has 0 amide bonds. The van der Waals surface area contributed by atoms with Gasteiger partial charge < -0.3 is 4.90 Å². The van der Waals surface area contributed by atoms with Crippen molar-refractivity contribution in [3.05, 3.63) is 52.4 Å². The maximum atomic E-state index is 6.26. The second-order valence-corrected chi connectivity index (χ2v) is 5.80. The van der Waals surface area contributed by atoms with Crippen molar-refractivity contribution in [3.8, 4) is 0 Å². The van der Waals surface area contributed by atoms with Gasteiger partial charge in [-0.1, -0.05) is 41.9 Å². The largest absolute Gasteiger partial charge is 0.355 e. The van der Waals surface area contributed by atoms with Gasteiger partial charge >= 0.3 is 0 Å². The summed E-state index contributed by atoms with van der Waals surface area (Å²) in [6.45, 7) is 2.80. The molecule has 1 heterocycles. The van der Waals surface area contributed by atoms with E-state index in [2.05, 4.69) is 41.2 Å². The standard InChI is InChI=1S/C16H18ClN3/c1-11-14(17)18-15(13-8-9-13)19-16(11)20(2)10-12-6-4-3-5-7-12/h3-7,13H,8-10H2,1-2H3. The highest BCUT2D eigenvalue weighted by atomic mass is 35.5. The van der Waals surface area contributed by atoms with Crippen LogP contribution in [0.5, 0.6) is 0 Å². The Kier molecular flexibility index (Phi) is 3.62. The highest BCUT2D eigenvalue weighted by Gasteiger charge is 2.28. The number of halogens is 1. The summed E-state index contributed by atoms with van der Waals surface area (Å²) in [6, 6.07) is 10.4. The molecule has 0 bridgehead atoms. The lowest BCUT2D eigenvalue weighted by atomic mass is 10.2. The van der Waals surface area contributed by atoms with Crippen molar-refractivity contribution in [3.63, 3.8) is 0 Å². The van der Waals surface area contributed by atoms with Gasteiger partial charge in [0.15, 0.2) is 0 Å². The molecule has 2 aromatic rings. The predicted octanol–water partition coefficient (Wildman–Crippen LogP) is 3.95. The van der Waals surface area contributed by atoms with Crippen LogP contribution >= 0.6 is 11.6 Å². The molecule has 3 nitrogen and oxygen atoms in total. The molecular weight excluding hydrogens is 270 g/mol. The first kappa shape index (κ1) is 13.4. The van der Waals surface area contributed by atoms with E-state index >= 15 is 0 Å². The van der Waals surface area contributed by atoms with E-state index in [1.165, 1.54) is 18.4 Å². The van der Waals surface area contributed by atoms with Crippen molar-refractivity contribution in [1.29, 1.82) is 0 Å². The number of aromatic nitrogens is 2. The van der Waals surface area contributed by atoms with Gasteiger partial charge in [-0.25, -0.2) is 9.97 Å². The third-order valence-corrected chi connectivity index (χ3v) is 4.01.